The number of hydrogen-bond acceptors (Lipinski definition) is 2. The molecule has 1 saturated heterocycles. The maximum atomic E-state index is 5.93. The minimum Gasteiger partial charge on any atom is -0.374 e. The average molecular weight is 311 g/mol. The van der Waals surface area contributed by atoms with E-state index in [1.807, 2.05) is 11.3 Å². The summed E-state index contributed by atoms with van der Waals surface area (Å²) in [5.74, 6) is 0. The van der Waals surface area contributed by atoms with Crippen molar-refractivity contribution < 1.29 is 4.74 Å². The zero-order chi connectivity index (χ0) is 11.9. The van der Waals surface area contributed by atoms with Crippen LogP contribution < -0.4 is 0 Å². The number of ether oxygens (including phenoxy) is 1. The highest BCUT2D eigenvalue weighted by Gasteiger charge is 2.38. The summed E-state index contributed by atoms with van der Waals surface area (Å²) < 4.78 is 7.29. The molecule has 1 nitrogen and oxygen atoms in total. The molecular weight excluding hydrogens is 296 g/mol. The van der Waals surface area contributed by atoms with Crippen LogP contribution in [0, 0.1) is 0 Å². The SMILES string of the molecule is CC1(C(Br)c2csc3ccccc23)CCCO1. The van der Waals surface area contributed by atoms with Gasteiger partial charge in [-0.25, -0.2) is 0 Å². The summed E-state index contributed by atoms with van der Waals surface area (Å²) in [7, 11) is 0. The Morgan fingerprint density at radius 3 is 3.00 bits per heavy atom. The van der Waals surface area contributed by atoms with Gasteiger partial charge in [-0.3, -0.25) is 0 Å². The third kappa shape index (κ3) is 1.94. The van der Waals surface area contributed by atoms with Gasteiger partial charge in [0.05, 0.1) is 10.4 Å². The Morgan fingerprint density at radius 1 is 1.41 bits per heavy atom. The molecule has 2 heterocycles. The third-order valence-electron chi connectivity index (χ3n) is 3.57. The predicted octanol–water partition coefficient (Wildman–Crippen LogP) is 4.91. The molecule has 2 unspecified atom stereocenters. The van der Waals surface area contributed by atoms with Crippen LogP contribution in [0.2, 0.25) is 0 Å². The molecular formula is C14H15BrOS. The molecule has 2 aromatic rings. The summed E-state index contributed by atoms with van der Waals surface area (Å²) in [6.07, 6.45) is 2.30. The van der Waals surface area contributed by atoms with Crippen LogP contribution in [0.25, 0.3) is 10.1 Å². The summed E-state index contributed by atoms with van der Waals surface area (Å²) in [5, 5.41) is 3.62. The van der Waals surface area contributed by atoms with Gasteiger partial charge in [-0.05, 0) is 42.2 Å². The molecule has 1 aromatic heterocycles. The van der Waals surface area contributed by atoms with E-state index in [1.165, 1.54) is 22.1 Å². The average Bonchev–Trinajstić information content (AvgIpc) is 2.95. The van der Waals surface area contributed by atoms with Gasteiger partial charge in [-0.15, -0.1) is 11.3 Å². The van der Waals surface area contributed by atoms with Crippen molar-refractivity contribution in [2.24, 2.45) is 0 Å². The first-order valence-corrected chi connectivity index (χ1v) is 7.74. The molecule has 1 aromatic carbocycles. The van der Waals surface area contributed by atoms with Crippen LogP contribution in [-0.4, -0.2) is 12.2 Å². The first-order valence-electron chi connectivity index (χ1n) is 5.95. The molecule has 1 aliphatic heterocycles. The summed E-state index contributed by atoms with van der Waals surface area (Å²) in [5.41, 5.74) is 1.32. The lowest BCUT2D eigenvalue weighted by atomic mass is 9.93. The fourth-order valence-electron chi connectivity index (χ4n) is 2.52. The van der Waals surface area contributed by atoms with Crippen molar-refractivity contribution >= 4 is 37.4 Å². The smallest absolute Gasteiger partial charge is 0.0821 e. The fourth-order valence-corrected chi connectivity index (χ4v) is 4.43. The van der Waals surface area contributed by atoms with Gasteiger partial charge in [0.15, 0.2) is 0 Å². The van der Waals surface area contributed by atoms with Gasteiger partial charge >= 0.3 is 0 Å². The second-order valence-electron chi connectivity index (χ2n) is 4.81. The van der Waals surface area contributed by atoms with E-state index in [-0.39, 0.29) is 10.4 Å². The number of fused-ring (bicyclic) bond motifs is 1. The molecule has 0 radical (unpaired) electrons. The van der Waals surface area contributed by atoms with E-state index in [2.05, 4.69) is 52.5 Å². The first kappa shape index (κ1) is 11.7. The Morgan fingerprint density at radius 2 is 2.24 bits per heavy atom. The minimum atomic E-state index is -0.0517. The quantitative estimate of drug-likeness (QED) is 0.716. The highest BCUT2D eigenvalue weighted by molar-refractivity contribution is 9.09. The zero-order valence-corrected chi connectivity index (χ0v) is 12.2. The van der Waals surface area contributed by atoms with Gasteiger partial charge in [-0.2, -0.15) is 0 Å². The van der Waals surface area contributed by atoms with Gasteiger partial charge in [0, 0.05) is 11.3 Å². The van der Waals surface area contributed by atoms with Crippen molar-refractivity contribution in [3.05, 3.63) is 35.2 Å². The van der Waals surface area contributed by atoms with Crippen LogP contribution in [-0.2, 0) is 4.74 Å². The maximum absolute atomic E-state index is 5.93. The number of benzene rings is 1. The molecule has 3 rings (SSSR count). The molecule has 1 fully saturated rings. The number of hydrogen-bond donors (Lipinski definition) is 0. The lowest BCUT2D eigenvalue weighted by Gasteiger charge is -2.29. The van der Waals surface area contributed by atoms with E-state index in [0.717, 1.165) is 13.0 Å². The van der Waals surface area contributed by atoms with E-state index in [4.69, 9.17) is 4.74 Å². The van der Waals surface area contributed by atoms with Crippen molar-refractivity contribution in [3.63, 3.8) is 0 Å². The van der Waals surface area contributed by atoms with Gasteiger partial charge in [0.25, 0.3) is 0 Å². The number of rotatable bonds is 2. The van der Waals surface area contributed by atoms with Crippen LogP contribution in [0.3, 0.4) is 0 Å². The monoisotopic (exact) mass is 310 g/mol. The molecule has 90 valence electrons. The van der Waals surface area contributed by atoms with Crippen molar-refractivity contribution in [2.75, 3.05) is 6.61 Å². The highest BCUT2D eigenvalue weighted by atomic mass is 79.9. The van der Waals surface area contributed by atoms with Crippen molar-refractivity contribution in [1.29, 1.82) is 0 Å². The summed E-state index contributed by atoms with van der Waals surface area (Å²) in [6, 6.07) is 8.59. The predicted molar refractivity (Wildman–Crippen MR) is 77.1 cm³/mol. The molecule has 3 heteroatoms. The van der Waals surface area contributed by atoms with Gasteiger partial charge in [0.1, 0.15) is 0 Å². The van der Waals surface area contributed by atoms with Gasteiger partial charge in [-0.1, -0.05) is 34.1 Å². The second kappa shape index (κ2) is 4.38. The van der Waals surface area contributed by atoms with Crippen molar-refractivity contribution in [3.8, 4) is 0 Å². The fraction of sp³-hybridized carbons (Fsp3) is 0.429. The normalized spacial score (nSPS) is 26.5. The molecule has 0 bridgehead atoms. The third-order valence-corrected chi connectivity index (χ3v) is 6.01. The number of alkyl halides is 1. The Balaban J connectivity index is 2.03. The Labute approximate surface area is 114 Å². The van der Waals surface area contributed by atoms with Crippen LogP contribution >= 0.6 is 27.3 Å². The van der Waals surface area contributed by atoms with E-state index in [9.17, 15) is 0 Å². The van der Waals surface area contributed by atoms with E-state index in [1.54, 1.807) is 0 Å². The standard InChI is InChI=1S/C14H15BrOS/c1-14(7-4-8-16-14)13(15)11-9-17-12-6-3-2-5-10(11)12/h2-3,5-6,9,13H,4,7-8H2,1H3. The lowest BCUT2D eigenvalue weighted by molar-refractivity contribution is 0.0201. The molecule has 17 heavy (non-hydrogen) atoms. The van der Waals surface area contributed by atoms with E-state index in [0.29, 0.717) is 0 Å². The molecule has 0 spiro atoms. The Hall–Kier alpha value is -0.380. The molecule has 2 atom stereocenters. The maximum Gasteiger partial charge on any atom is 0.0821 e. The van der Waals surface area contributed by atoms with Crippen LogP contribution in [0.1, 0.15) is 30.2 Å². The summed E-state index contributed by atoms with van der Waals surface area (Å²) in [4.78, 5) is 0.286. The number of halogens is 1. The summed E-state index contributed by atoms with van der Waals surface area (Å²) in [6.45, 7) is 3.10. The zero-order valence-electron chi connectivity index (χ0n) is 9.78. The highest BCUT2D eigenvalue weighted by Crippen LogP contribution is 2.46. The van der Waals surface area contributed by atoms with E-state index < -0.39 is 0 Å². The summed E-state index contributed by atoms with van der Waals surface area (Å²) >= 11 is 5.67. The number of thiophene rings is 1. The van der Waals surface area contributed by atoms with Gasteiger partial charge < -0.3 is 4.74 Å². The van der Waals surface area contributed by atoms with E-state index >= 15 is 0 Å². The second-order valence-corrected chi connectivity index (χ2v) is 6.64. The topological polar surface area (TPSA) is 9.23 Å². The molecule has 0 N–H and O–H groups in total. The van der Waals surface area contributed by atoms with Gasteiger partial charge in [0.2, 0.25) is 0 Å². The van der Waals surface area contributed by atoms with Crippen LogP contribution in [0.5, 0.6) is 0 Å². The van der Waals surface area contributed by atoms with Crippen LogP contribution in [0.4, 0.5) is 0 Å². The molecule has 1 aliphatic rings. The Kier molecular flexibility index (Phi) is 3.01. The lowest BCUT2D eigenvalue weighted by Crippen LogP contribution is -2.28. The largest absolute Gasteiger partial charge is 0.374 e. The Bertz CT molecular complexity index is 528. The minimum absolute atomic E-state index is 0.0517. The first-order chi connectivity index (χ1) is 8.21. The van der Waals surface area contributed by atoms with Crippen LogP contribution in [0.15, 0.2) is 29.6 Å². The molecule has 0 aliphatic carbocycles. The molecule has 0 amide bonds. The van der Waals surface area contributed by atoms with Crippen molar-refractivity contribution in [2.45, 2.75) is 30.2 Å². The molecule has 0 saturated carbocycles. The van der Waals surface area contributed by atoms with Crippen molar-refractivity contribution in [1.82, 2.24) is 0 Å².